The van der Waals surface area contributed by atoms with Crippen LogP contribution in [-0.4, -0.2) is 35.7 Å². The first kappa shape index (κ1) is 15.7. The van der Waals surface area contributed by atoms with E-state index in [0.717, 1.165) is 25.9 Å². The van der Waals surface area contributed by atoms with Crippen molar-refractivity contribution in [3.05, 3.63) is 28.8 Å². The maximum absolute atomic E-state index is 12.3. The highest BCUT2D eigenvalue weighted by atomic mass is 35.5. The van der Waals surface area contributed by atoms with Gasteiger partial charge in [0.05, 0.1) is 5.69 Å². The van der Waals surface area contributed by atoms with Crippen molar-refractivity contribution < 1.29 is 9.90 Å². The van der Waals surface area contributed by atoms with Crippen LogP contribution in [-0.2, 0) is 0 Å². The molecule has 21 heavy (non-hydrogen) atoms. The summed E-state index contributed by atoms with van der Waals surface area (Å²) in [7, 11) is 0. The van der Waals surface area contributed by atoms with Crippen molar-refractivity contribution in [3.63, 3.8) is 0 Å². The average molecular weight is 307 g/mol. The van der Waals surface area contributed by atoms with Gasteiger partial charge in [0.25, 0.3) is 0 Å². The number of aliphatic hydroxyl groups is 1. The van der Waals surface area contributed by atoms with Crippen LogP contribution in [0.15, 0.2) is 18.2 Å². The number of anilines is 1. The molecule has 0 radical (unpaired) electrons. The Hall–Kier alpha value is -1.70. The summed E-state index contributed by atoms with van der Waals surface area (Å²) in [6.07, 6.45) is 2.19. The summed E-state index contributed by atoms with van der Waals surface area (Å²) in [6, 6.07) is 4.99. The smallest absolute Gasteiger partial charge is 0.321 e. The van der Waals surface area contributed by atoms with Crippen molar-refractivity contribution in [2.45, 2.75) is 19.8 Å². The van der Waals surface area contributed by atoms with Gasteiger partial charge in [0.1, 0.15) is 6.61 Å². The zero-order valence-electron chi connectivity index (χ0n) is 12.0. The van der Waals surface area contributed by atoms with Gasteiger partial charge in [-0.15, -0.1) is 0 Å². The molecule has 0 saturated carbocycles. The number of halogens is 1. The van der Waals surface area contributed by atoms with Gasteiger partial charge < -0.3 is 15.3 Å². The number of nitrogens with zero attached hydrogens (tertiary/aromatic N) is 1. The van der Waals surface area contributed by atoms with Crippen LogP contribution in [0.2, 0.25) is 5.02 Å². The number of likely N-dealkylation sites (tertiary alicyclic amines) is 1. The Labute approximate surface area is 130 Å². The topological polar surface area (TPSA) is 52.6 Å². The summed E-state index contributed by atoms with van der Waals surface area (Å²) in [5, 5.41) is 12.2. The van der Waals surface area contributed by atoms with Gasteiger partial charge in [-0.1, -0.05) is 30.4 Å². The molecule has 1 fully saturated rings. The Balaban J connectivity index is 2.14. The first-order valence-electron chi connectivity index (χ1n) is 7.05. The molecule has 1 aromatic rings. The van der Waals surface area contributed by atoms with Crippen LogP contribution in [0, 0.1) is 17.8 Å². The largest absolute Gasteiger partial charge is 0.384 e. The third-order valence-electron chi connectivity index (χ3n) is 3.47. The van der Waals surface area contributed by atoms with E-state index >= 15 is 0 Å². The third kappa shape index (κ3) is 4.38. The number of aliphatic hydroxyl groups excluding tert-OH is 1. The van der Waals surface area contributed by atoms with E-state index < -0.39 is 0 Å². The van der Waals surface area contributed by atoms with Gasteiger partial charge in [-0.3, -0.25) is 0 Å². The number of benzene rings is 1. The fourth-order valence-corrected chi connectivity index (χ4v) is 2.60. The molecule has 0 aliphatic carbocycles. The van der Waals surface area contributed by atoms with Crippen LogP contribution in [0.25, 0.3) is 0 Å². The monoisotopic (exact) mass is 306 g/mol. The normalized spacial score (nSPS) is 17.9. The number of nitrogens with one attached hydrogen (secondary N) is 1. The molecule has 1 saturated heterocycles. The Kier molecular flexibility index (Phi) is 5.49. The summed E-state index contributed by atoms with van der Waals surface area (Å²) >= 11 is 5.98. The Bertz CT molecular complexity index is 577. The highest BCUT2D eigenvalue weighted by Gasteiger charge is 2.21. The zero-order valence-corrected chi connectivity index (χ0v) is 12.8. The fourth-order valence-electron chi connectivity index (χ4n) is 2.43. The van der Waals surface area contributed by atoms with E-state index in [9.17, 15) is 4.79 Å². The van der Waals surface area contributed by atoms with Crippen molar-refractivity contribution in [1.82, 2.24) is 4.90 Å². The molecular weight excluding hydrogens is 288 g/mol. The molecular formula is C16H19ClN2O2. The lowest BCUT2D eigenvalue weighted by Gasteiger charge is -2.31. The molecule has 0 bridgehead atoms. The first-order chi connectivity index (χ1) is 10.1. The fraction of sp³-hybridized carbons (Fsp3) is 0.438. The third-order valence-corrected chi connectivity index (χ3v) is 3.70. The number of hydrogen-bond donors (Lipinski definition) is 2. The van der Waals surface area contributed by atoms with E-state index in [0.29, 0.717) is 22.2 Å². The molecule has 1 aliphatic heterocycles. The molecule has 4 nitrogen and oxygen atoms in total. The number of rotatable bonds is 1. The van der Waals surface area contributed by atoms with Crippen LogP contribution in [0.5, 0.6) is 0 Å². The molecule has 2 N–H and O–H groups in total. The number of hydrogen-bond acceptors (Lipinski definition) is 2. The van der Waals surface area contributed by atoms with Gasteiger partial charge >= 0.3 is 6.03 Å². The number of carbonyl (C=O) groups excluding carboxylic acids is 1. The van der Waals surface area contributed by atoms with Crippen molar-refractivity contribution in [1.29, 1.82) is 0 Å². The molecule has 112 valence electrons. The summed E-state index contributed by atoms with van der Waals surface area (Å²) < 4.78 is 0. The van der Waals surface area contributed by atoms with E-state index in [1.165, 1.54) is 0 Å². The number of piperidine rings is 1. The minimum Gasteiger partial charge on any atom is -0.384 e. The summed E-state index contributed by atoms with van der Waals surface area (Å²) in [4.78, 5) is 14.1. The molecule has 0 aromatic heterocycles. The molecule has 5 heteroatoms. The second kappa shape index (κ2) is 7.35. The lowest BCUT2D eigenvalue weighted by atomic mass is 10.0. The molecule has 0 spiro atoms. The standard InChI is InChI=1S/C16H19ClN2O2/c1-12-4-2-8-19(11-12)16(21)18-15-10-14(17)7-6-13(15)5-3-9-20/h6-7,10,12,20H,2,4,8-9,11H2,1H3,(H,18,21). The van der Waals surface area contributed by atoms with Crippen molar-refractivity contribution >= 4 is 23.3 Å². The zero-order chi connectivity index (χ0) is 15.2. The van der Waals surface area contributed by atoms with E-state index in [1.54, 1.807) is 18.2 Å². The Morgan fingerprint density at radius 3 is 3.10 bits per heavy atom. The Morgan fingerprint density at radius 2 is 2.38 bits per heavy atom. The first-order valence-corrected chi connectivity index (χ1v) is 7.43. The predicted octanol–water partition coefficient (Wildman–Crippen LogP) is 2.95. The molecule has 2 rings (SSSR count). The van der Waals surface area contributed by atoms with Crippen molar-refractivity contribution in [2.75, 3.05) is 25.0 Å². The lowest BCUT2D eigenvalue weighted by molar-refractivity contribution is 0.182. The van der Waals surface area contributed by atoms with Crippen LogP contribution in [0.4, 0.5) is 10.5 Å². The minimum atomic E-state index is -0.223. The van der Waals surface area contributed by atoms with Gasteiger partial charge in [-0.25, -0.2) is 4.79 Å². The van der Waals surface area contributed by atoms with Crippen LogP contribution in [0.1, 0.15) is 25.3 Å². The second-order valence-corrected chi connectivity index (χ2v) is 5.71. The highest BCUT2D eigenvalue weighted by Crippen LogP contribution is 2.22. The van der Waals surface area contributed by atoms with E-state index in [4.69, 9.17) is 16.7 Å². The van der Waals surface area contributed by atoms with Gasteiger partial charge in [0, 0.05) is 23.7 Å². The molecule has 1 unspecified atom stereocenters. The van der Waals surface area contributed by atoms with Gasteiger partial charge in [0.2, 0.25) is 0 Å². The molecule has 1 atom stereocenters. The summed E-state index contributed by atoms with van der Waals surface area (Å²) in [5.41, 5.74) is 1.22. The predicted molar refractivity (Wildman–Crippen MR) is 84.4 cm³/mol. The van der Waals surface area contributed by atoms with Gasteiger partial charge in [-0.2, -0.15) is 0 Å². The number of urea groups is 1. The van der Waals surface area contributed by atoms with Gasteiger partial charge in [-0.05, 0) is 37.0 Å². The summed E-state index contributed by atoms with van der Waals surface area (Å²) in [6.45, 7) is 3.47. The molecule has 2 amide bonds. The maximum Gasteiger partial charge on any atom is 0.321 e. The van der Waals surface area contributed by atoms with Crippen molar-refractivity contribution in [3.8, 4) is 11.8 Å². The quantitative estimate of drug-likeness (QED) is 0.784. The summed E-state index contributed by atoms with van der Waals surface area (Å²) in [5.74, 6) is 5.92. The van der Waals surface area contributed by atoms with E-state index in [2.05, 4.69) is 24.1 Å². The lowest BCUT2D eigenvalue weighted by Crippen LogP contribution is -2.41. The number of amides is 2. The minimum absolute atomic E-state index is 0.129. The highest BCUT2D eigenvalue weighted by molar-refractivity contribution is 6.31. The average Bonchev–Trinajstić information content (AvgIpc) is 2.46. The number of carbonyl (C=O) groups is 1. The van der Waals surface area contributed by atoms with E-state index in [-0.39, 0.29) is 12.6 Å². The van der Waals surface area contributed by atoms with Crippen LogP contribution >= 0.6 is 11.6 Å². The SMILES string of the molecule is CC1CCCN(C(=O)Nc2cc(Cl)ccc2C#CCO)C1. The van der Waals surface area contributed by atoms with E-state index in [1.807, 2.05) is 4.90 Å². The van der Waals surface area contributed by atoms with Crippen molar-refractivity contribution in [2.24, 2.45) is 5.92 Å². The second-order valence-electron chi connectivity index (χ2n) is 5.27. The molecule has 1 aliphatic rings. The van der Waals surface area contributed by atoms with Gasteiger partial charge in [0.15, 0.2) is 0 Å². The maximum atomic E-state index is 12.3. The molecule has 1 aromatic carbocycles. The molecule has 1 heterocycles. The van der Waals surface area contributed by atoms with Crippen LogP contribution in [0.3, 0.4) is 0 Å². The Morgan fingerprint density at radius 1 is 1.57 bits per heavy atom. The van der Waals surface area contributed by atoms with Crippen LogP contribution < -0.4 is 5.32 Å².